The molecule has 0 radical (unpaired) electrons. The number of aromatic nitrogens is 3. The highest BCUT2D eigenvalue weighted by molar-refractivity contribution is 7.88. The third-order valence-electron chi connectivity index (χ3n) is 6.45. The monoisotopic (exact) mass is 443 g/mol. The normalized spacial score (nSPS) is 21.1. The molecular weight excluding hydrogens is 418 g/mol. The molecule has 0 aromatic carbocycles. The SMILES string of the molecule is CN(C)S(=O)(=O)c1ccc(CN2CCC3(CC2)C[C@H]3c2nc(-c3cccnc3)no2)o1. The summed E-state index contributed by atoms with van der Waals surface area (Å²) in [6.45, 7) is 2.46. The molecular formula is C21H25N5O4S. The van der Waals surface area contributed by atoms with E-state index in [1.54, 1.807) is 18.5 Å². The number of hydrogen-bond acceptors (Lipinski definition) is 8. The average molecular weight is 444 g/mol. The van der Waals surface area contributed by atoms with E-state index >= 15 is 0 Å². The van der Waals surface area contributed by atoms with Gasteiger partial charge >= 0.3 is 0 Å². The molecule has 31 heavy (non-hydrogen) atoms. The molecule has 1 aliphatic heterocycles. The fourth-order valence-corrected chi connectivity index (χ4v) is 5.19. The first-order valence-corrected chi connectivity index (χ1v) is 11.8. The molecule has 1 saturated heterocycles. The summed E-state index contributed by atoms with van der Waals surface area (Å²) < 4.78 is 36.7. The molecule has 0 bridgehead atoms. The van der Waals surface area contributed by atoms with Crippen LogP contribution in [0.4, 0.5) is 0 Å². The van der Waals surface area contributed by atoms with Crippen LogP contribution in [0.1, 0.15) is 36.8 Å². The van der Waals surface area contributed by atoms with Crippen LogP contribution < -0.4 is 0 Å². The maximum atomic E-state index is 12.2. The van der Waals surface area contributed by atoms with E-state index in [4.69, 9.17) is 8.94 Å². The van der Waals surface area contributed by atoms with Crippen molar-refractivity contribution in [2.45, 2.75) is 36.8 Å². The van der Waals surface area contributed by atoms with Crippen LogP contribution in [-0.4, -0.2) is 59.9 Å². The van der Waals surface area contributed by atoms with Gasteiger partial charge in [0.25, 0.3) is 10.0 Å². The zero-order valence-corrected chi connectivity index (χ0v) is 18.4. The summed E-state index contributed by atoms with van der Waals surface area (Å²) in [6, 6.07) is 7.06. The average Bonchev–Trinajstić information content (AvgIpc) is 3.14. The predicted molar refractivity (Wildman–Crippen MR) is 111 cm³/mol. The quantitative estimate of drug-likeness (QED) is 0.573. The van der Waals surface area contributed by atoms with Gasteiger partial charge in [-0.3, -0.25) is 9.88 Å². The molecule has 5 rings (SSSR count). The van der Waals surface area contributed by atoms with E-state index < -0.39 is 10.0 Å². The third kappa shape index (κ3) is 3.79. The smallest absolute Gasteiger partial charge is 0.275 e. The zero-order chi connectivity index (χ0) is 21.6. The summed E-state index contributed by atoms with van der Waals surface area (Å²) in [4.78, 5) is 11.0. The van der Waals surface area contributed by atoms with E-state index in [0.29, 0.717) is 24.0 Å². The molecule has 1 saturated carbocycles. The van der Waals surface area contributed by atoms with E-state index in [-0.39, 0.29) is 10.5 Å². The fraction of sp³-hybridized carbons (Fsp3) is 0.476. The maximum Gasteiger partial charge on any atom is 0.275 e. The standard InChI is InChI=1S/C21H25N5O4S/c1-25(2)31(27,28)18-6-5-16(29-18)14-26-10-7-21(8-11-26)12-17(21)20-23-19(24-30-20)15-4-3-9-22-13-15/h3-6,9,13,17H,7-8,10-12,14H2,1-2H3/t17-/m0/s1. The number of furan rings is 1. The topological polar surface area (TPSA) is 106 Å². The van der Waals surface area contributed by atoms with Gasteiger partial charge in [-0.15, -0.1) is 0 Å². The number of hydrogen-bond donors (Lipinski definition) is 0. The molecule has 10 heteroatoms. The Morgan fingerprint density at radius 3 is 2.74 bits per heavy atom. The Bertz CT molecular complexity index is 1160. The van der Waals surface area contributed by atoms with Gasteiger partial charge in [0.15, 0.2) is 0 Å². The lowest BCUT2D eigenvalue weighted by atomic mass is 9.90. The lowest BCUT2D eigenvalue weighted by Gasteiger charge is -2.32. The molecule has 0 unspecified atom stereocenters. The lowest BCUT2D eigenvalue weighted by Crippen LogP contribution is -2.34. The molecule has 164 valence electrons. The molecule has 2 aliphatic rings. The van der Waals surface area contributed by atoms with Crippen molar-refractivity contribution in [3.63, 3.8) is 0 Å². The Morgan fingerprint density at radius 1 is 1.23 bits per heavy atom. The first-order chi connectivity index (χ1) is 14.9. The van der Waals surface area contributed by atoms with Crippen LogP contribution in [0.5, 0.6) is 0 Å². The number of nitrogens with zero attached hydrogens (tertiary/aromatic N) is 5. The van der Waals surface area contributed by atoms with E-state index in [0.717, 1.165) is 48.1 Å². The summed E-state index contributed by atoms with van der Waals surface area (Å²) in [5.74, 6) is 2.29. The highest BCUT2D eigenvalue weighted by Gasteiger charge is 2.58. The Hall–Kier alpha value is -2.56. The van der Waals surface area contributed by atoms with Crippen LogP contribution in [0.15, 0.2) is 50.7 Å². The Morgan fingerprint density at radius 2 is 2.03 bits per heavy atom. The van der Waals surface area contributed by atoms with Gasteiger partial charge in [-0.25, -0.2) is 12.7 Å². The zero-order valence-electron chi connectivity index (χ0n) is 17.6. The summed E-state index contributed by atoms with van der Waals surface area (Å²) in [7, 11) is -0.547. The minimum Gasteiger partial charge on any atom is -0.447 e. The van der Waals surface area contributed by atoms with Crippen LogP contribution in [-0.2, 0) is 16.6 Å². The molecule has 0 N–H and O–H groups in total. The number of rotatable bonds is 6. The first kappa shape index (κ1) is 20.3. The highest BCUT2D eigenvalue weighted by Crippen LogP contribution is 2.64. The number of sulfonamides is 1. The minimum absolute atomic E-state index is 0.0101. The minimum atomic E-state index is -3.54. The lowest BCUT2D eigenvalue weighted by molar-refractivity contribution is 0.147. The largest absolute Gasteiger partial charge is 0.447 e. The second kappa shape index (κ2) is 7.54. The molecule has 4 heterocycles. The van der Waals surface area contributed by atoms with Crippen molar-refractivity contribution in [1.29, 1.82) is 0 Å². The molecule has 3 aromatic heterocycles. The number of likely N-dealkylation sites (tertiary alicyclic amines) is 1. The second-order valence-electron chi connectivity index (χ2n) is 8.60. The summed E-state index contributed by atoms with van der Waals surface area (Å²) in [5, 5.41) is 4.12. The summed E-state index contributed by atoms with van der Waals surface area (Å²) >= 11 is 0. The molecule has 1 aliphatic carbocycles. The number of pyridine rings is 1. The Balaban J connectivity index is 1.19. The van der Waals surface area contributed by atoms with E-state index in [1.807, 2.05) is 12.1 Å². The van der Waals surface area contributed by atoms with Crippen LogP contribution in [0.3, 0.4) is 0 Å². The number of piperidine rings is 1. The second-order valence-corrected chi connectivity index (χ2v) is 10.7. The molecule has 9 nitrogen and oxygen atoms in total. The van der Waals surface area contributed by atoms with Crippen molar-refractivity contribution in [2.75, 3.05) is 27.2 Å². The van der Waals surface area contributed by atoms with Crippen molar-refractivity contribution in [3.8, 4) is 11.4 Å². The van der Waals surface area contributed by atoms with Crippen molar-refractivity contribution in [1.82, 2.24) is 24.3 Å². The van der Waals surface area contributed by atoms with Gasteiger partial charge in [0, 0.05) is 38.0 Å². The Kier molecular flexibility index (Phi) is 4.95. The van der Waals surface area contributed by atoms with Crippen LogP contribution in [0.25, 0.3) is 11.4 Å². The molecule has 1 spiro atoms. The van der Waals surface area contributed by atoms with Gasteiger partial charge in [-0.1, -0.05) is 5.16 Å². The van der Waals surface area contributed by atoms with Crippen molar-refractivity contribution in [2.24, 2.45) is 5.41 Å². The molecule has 1 atom stereocenters. The fourth-order valence-electron chi connectivity index (χ4n) is 4.38. The van der Waals surface area contributed by atoms with Crippen LogP contribution in [0.2, 0.25) is 0 Å². The third-order valence-corrected chi connectivity index (χ3v) is 8.14. The Labute approximate surface area is 181 Å². The highest BCUT2D eigenvalue weighted by atomic mass is 32.2. The summed E-state index contributed by atoms with van der Waals surface area (Å²) in [6.07, 6.45) is 6.62. The summed E-state index contributed by atoms with van der Waals surface area (Å²) in [5.41, 5.74) is 1.09. The molecule has 3 aromatic rings. The van der Waals surface area contributed by atoms with Crippen molar-refractivity contribution >= 4 is 10.0 Å². The van der Waals surface area contributed by atoms with Gasteiger partial charge in [-0.2, -0.15) is 4.98 Å². The van der Waals surface area contributed by atoms with Gasteiger partial charge in [0.1, 0.15) is 5.76 Å². The molecule has 2 fully saturated rings. The van der Waals surface area contributed by atoms with Gasteiger partial charge in [-0.05, 0) is 62.0 Å². The first-order valence-electron chi connectivity index (χ1n) is 10.3. The predicted octanol–water partition coefficient (Wildman–Crippen LogP) is 2.74. The van der Waals surface area contributed by atoms with Crippen molar-refractivity contribution < 1.29 is 17.4 Å². The van der Waals surface area contributed by atoms with Crippen molar-refractivity contribution in [3.05, 3.63) is 48.3 Å². The van der Waals surface area contributed by atoms with E-state index in [2.05, 4.69) is 20.0 Å². The van der Waals surface area contributed by atoms with Gasteiger partial charge < -0.3 is 8.94 Å². The van der Waals surface area contributed by atoms with Gasteiger partial charge in [0.05, 0.1) is 6.54 Å². The maximum absolute atomic E-state index is 12.2. The van der Waals surface area contributed by atoms with Crippen LogP contribution >= 0.6 is 0 Å². The van der Waals surface area contributed by atoms with E-state index in [9.17, 15) is 8.42 Å². The van der Waals surface area contributed by atoms with Crippen LogP contribution in [0, 0.1) is 5.41 Å². The van der Waals surface area contributed by atoms with E-state index in [1.165, 1.54) is 20.2 Å². The van der Waals surface area contributed by atoms with Gasteiger partial charge in [0.2, 0.25) is 16.8 Å². The molecule has 0 amide bonds.